The van der Waals surface area contributed by atoms with E-state index in [0.29, 0.717) is 5.75 Å². The maximum atomic E-state index is 13.8. The van der Waals surface area contributed by atoms with Crippen molar-refractivity contribution in [3.05, 3.63) is 57.3 Å². The summed E-state index contributed by atoms with van der Waals surface area (Å²) >= 11 is 9.26. The zero-order valence-electron chi connectivity index (χ0n) is 11.8. The molecule has 112 valence electrons. The second kappa shape index (κ2) is 7.25. The molecular formula is C16H16BrClFNO. The Hall–Kier alpha value is -1.10. The third kappa shape index (κ3) is 3.96. The van der Waals surface area contributed by atoms with Crippen LogP contribution in [0.15, 0.2) is 40.9 Å². The van der Waals surface area contributed by atoms with E-state index in [0.717, 1.165) is 16.6 Å². The summed E-state index contributed by atoms with van der Waals surface area (Å²) in [5.41, 5.74) is 1.12. The lowest BCUT2D eigenvalue weighted by Gasteiger charge is -2.16. The van der Waals surface area contributed by atoms with Crippen LogP contribution in [0.4, 0.5) is 4.39 Å². The van der Waals surface area contributed by atoms with Crippen LogP contribution in [0.2, 0.25) is 5.02 Å². The molecule has 0 aromatic heterocycles. The lowest BCUT2D eigenvalue weighted by Crippen LogP contribution is -2.17. The predicted octanol–water partition coefficient (Wildman–Crippen LogP) is 5.70. The monoisotopic (exact) mass is 371 g/mol. The van der Waals surface area contributed by atoms with Gasteiger partial charge in [-0.1, -0.05) is 46.6 Å². The fourth-order valence-electron chi connectivity index (χ4n) is 2.03. The Kier molecular flexibility index (Phi) is 5.62. The van der Waals surface area contributed by atoms with E-state index >= 15 is 0 Å². The zero-order chi connectivity index (χ0) is 15.4. The van der Waals surface area contributed by atoms with Gasteiger partial charge in [0.1, 0.15) is 5.75 Å². The van der Waals surface area contributed by atoms with Crippen molar-refractivity contribution in [2.75, 3.05) is 6.54 Å². The molecule has 2 nitrogen and oxygen atoms in total. The van der Waals surface area contributed by atoms with Crippen LogP contribution in [0.25, 0.3) is 0 Å². The van der Waals surface area contributed by atoms with Crippen molar-refractivity contribution in [2.24, 2.45) is 0 Å². The van der Waals surface area contributed by atoms with Gasteiger partial charge in [0.05, 0.1) is 5.02 Å². The van der Waals surface area contributed by atoms with E-state index in [1.807, 2.05) is 18.2 Å². The Labute approximate surface area is 137 Å². The molecule has 1 unspecified atom stereocenters. The Morgan fingerprint density at radius 2 is 2.10 bits per heavy atom. The highest BCUT2D eigenvalue weighted by atomic mass is 79.9. The van der Waals surface area contributed by atoms with Crippen molar-refractivity contribution in [1.82, 2.24) is 5.32 Å². The van der Waals surface area contributed by atoms with Gasteiger partial charge in [0.2, 0.25) is 0 Å². The van der Waals surface area contributed by atoms with Gasteiger partial charge in [-0.25, -0.2) is 4.39 Å². The van der Waals surface area contributed by atoms with E-state index in [1.165, 1.54) is 6.07 Å². The Bertz CT molecular complexity index is 636. The van der Waals surface area contributed by atoms with Gasteiger partial charge < -0.3 is 10.1 Å². The van der Waals surface area contributed by atoms with E-state index in [2.05, 4.69) is 35.1 Å². The standard InChI is InChI=1S/C16H16BrClFNO/c1-3-20-10(2)12-8-7-11(9-13(12)17)21-15-6-4-5-14(18)16(15)19/h4-10,20H,3H2,1-2H3. The number of rotatable bonds is 5. The number of halogens is 3. The molecule has 2 aromatic carbocycles. The first-order valence-electron chi connectivity index (χ1n) is 6.67. The Morgan fingerprint density at radius 3 is 2.76 bits per heavy atom. The molecule has 0 saturated heterocycles. The van der Waals surface area contributed by atoms with Gasteiger partial charge >= 0.3 is 0 Å². The fourth-order valence-corrected chi connectivity index (χ4v) is 2.90. The molecule has 0 aliphatic heterocycles. The average molecular weight is 373 g/mol. The highest BCUT2D eigenvalue weighted by Gasteiger charge is 2.12. The first kappa shape index (κ1) is 16.3. The SMILES string of the molecule is CCNC(C)c1ccc(Oc2cccc(Cl)c2F)cc1Br. The molecule has 0 aliphatic rings. The van der Waals surface area contributed by atoms with Gasteiger partial charge in [-0.3, -0.25) is 0 Å². The molecule has 0 aliphatic carbocycles. The van der Waals surface area contributed by atoms with E-state index in [9.17, 15) is 4.39 Å². The highest BCUT2D eigenvalue weighted by molar-refractivity contribution is 9.10. The minimum atomic E-state index is -0.555. The molecule has 1 atom stereocenters. The second-order valence-corrected chi connectivity index (χ2v) is 5.88. The Balaban J connectivity index is 2.22. The van der Waals surface area contributed by atoms with Crippen LogP contribution < -0.4 is 10.1 Å². The summed E-state index contributed by atoms with van der Waals surface area (Å²) in [6.45, 7) is 5.03. The average Bonchev–Trinajstić information content (AvgIpc) is 2.44. The normalized spacial score (nSPS) is 12.2. The van der Waals surface area contributed by atoms with Gasteiger partial charge in [0, 0.05) is 10.5 Å². The molecule has 0 saturated carbocycles. The summed E-state index contributed by atoms with van der Waals surface area (Å²) in [5.74, 6) is 0.109. The van der Waals surface area contributed by atoms with Crippen LogP contribution in [-0.2, 0) is 0 Å². The summed E-state index contributed by atoms with van der Waals surface area (Å²) in [6.07, 6.45) is 0. The van der Waals surface area contributed by atoms with Crippen molar-refractivity contribution in [3.63, 3.8) is 0 Å². The first-order valence-corrected chi connectivity index (χ1v) is 7.84. The Morgan fingerprint density at radius 1 is 1.33 bits per heavy atom. The quantitative estimate of drug-likeness (QED) is 0.726. The summed E-state index contributed by atoms with van der Waals surface area (Å²) in [5, 5.41) is 3.39. The second-order valence-electron chi connectivity index (χ2n) is 4.62. The van der Waals surface area contributed by atoms with Crippen LogP contribution in [0.5, 0.6) is 11.5 Å². The van der Waals surface area contributed by atoms with Crippen molar-refractivity contribution in [3.8, 4) is 11.5 Å². The van der Waals surface area contributed by atoms with E-state index in [1.54, 1.807) is 12.1 Å². The molecule has 0 fully saturated rings. The van der Waals surface area contributed by atoms with Crippen molar-refractivity contribution >= 4 is 27.5 Å². The van der Waals surface area contributed by atoms with Crippen LogP contribution in [0.3, 0.4) is 0 Å². The van der Waals surface area contributed by atoms with Crippen LogP contribution >= 0.6 is 27.5 Å². The smallest absolute Gasteiger partial charge is 0.184 e. The molecule has 1 N–H and O–H groups in total. The van der Waals surface area contributed by atoms with E-state index in [-0.39, 0.29) is 16.8 Å². The van der Waals surface area contributed by atoms with Crippen LogP contribution in [-0.4, -0.2) is 6.54 Å². The zero-order valence-corrected chi connectivity index (χ0v) is 14.1. The number of nitrogens with one attached hydrogen (secondary N) is 1. The van der Waals surface area contributed by atoms with E-state index < -0.39 is 5.82 Å². The fraction of sp³-hybridized carbons (Fsp3) is 0.250. The molecule has 0 bridgehead atoms. The van der Waals surface area contributed by atoms with Gasteiger partial charge in [0.25, 0.3) is 0 Å². The van der Waals surface area contributed by atoms with Gasteiger partial charge in [-0.15, -0.1) is 0 Å². The maximum Gasteiger partial charge on any atom is 0.184 e. The first-order chi connectivity index (χ1) is 10.0. The van der Waals surface area contributed by atoms with Gasteiger partial charge in [-0.2, -0.15) is 0 Å². The molecule has 0 heterocycles. The molecule has 2 rings (SSSR count). The highest BCUT2D eigenvalue weighted by Crippen LogP contribution is 2.32. The minimum absolute atomic E-state index is 0.0453. The van der Waals surface area contributed by atoms with Gasteiger partial charge in [0.15, 0.2) is 11.6 Å². The largest absolute Gasteiger partial charge is 0.454 e. The molecule has 2 aromatic rings. The third-order valence-corrected chi connectivity index (χ3v) is 4.07. The number of ether oxygens (including phenoxy) is 1. The topological polar surface area (TPSA) is 21.3 Å². The van der Waals surface area contributed by atoms with Crippen molar-refractivity contribution in [2.45, 2.75) is 19.9 Å². The van der Waals surface area contributed by atoms with Crippen molar-refractivity contribution in [1.29, 1.82) is 0 Å². The van der Waals surface area contributed by atoms with Gasteiger partial charge in [-0.05, 0) is 43.3 Å². The van der Waals surface area contributed by atoms with Crippen molar-refractivity contribution < 1.29 is 9.13 Å². The van der Waals surface area contributed by atoms with Crippen LogP contribution in [0, 0.1) is 5.82 Å². The molecule has 5 heteroatoms. The molecule has 0 amide bonds. The molecule has 0 spiro atoms. The lowest BCUT2D eigenvalue weighted by atomic mass is 10.1. The minimum Gasteiger partial charge on any atom is -0.454 e. The van der Waals surface area contributed by atoms with Crippen LogP contribution in [0.1, 0.15) is 25.5 Å². The number of benzene rings is 2. The summed E-state index contributed by atoms with van der Waals surface area (Å²) in [4.78, 5) is 0. The lowest BCUT2D eigenvalue weighted by molar-refractivity contribution is 0.441. The molecule has 21 heavy (non-hydrogen) atoms. The molecular weight excluding hydrogens is 357 g/mol. The maximum absolute atomic E-state index is 13.8. The number of hydrogen-bond acceptors (Lipinski definition) is 2. The summed E-state index contributed by atoms with van der Waals surface area (Å²) < 4.78 is 20.3. The molecule has 0 radical (unpaired) electrons. The third-order valence-electron chi connectivity index (χ3n) is 3.09. The summed E-state index contributed by atoms with van der Waals surface area (Å²) in [6, 6.07) is 10.5. The number of hydrogen-bond donors (Lipinski definition) is 1. The summed E-state index contributed by atoms with van der Waals surface area (Å²) in [7, 11) is 0. The predicted molar refractivity (Wildman–Crippen MR) is 87.7 cm³/mol. The van der Waals surface area contributed by atoms with E-state index in [4.69, 9.17) is 16.3 Å².